The molecule has 3 nitrogen and oxygen atoms in total. The fraction of sp³-hybridized carbons (Fsp3) is 0.188. The summed E-state index contributed by atoms with van der Waals surface area (Å²) < 4.78 is 25.9. The van der Waals surface area contributed by atoms with Gasteiger partial charge in [0.1, 0.15) is 0 Å². The minimum absolute atomic E-state index is 0.132. The normalized spacial score (nSPS) is 10.4. The van der Waals surface area contributed by atoms with E-state index in [0.717, 1.165) is 17.7 Å². The molecule has 0 saturated heterocycles. The van der Waals surface area contributed by atoms with Gasteiger partial charge in [-0.2, -0.15) is 0 Å². The second-order valence-corrected chi connectivity index (χ2v) is 4.63. The number of nitrogens with one attached hydrogen (secondary N) is 1. The van der Waals surface area contributed by atoms with Crippen molar-refractivity contribution in [1.82, 2.24) is 5.32 Å². The minimum atomic E-state index is -0.926. The van der Waals surface area contributed by atoms with Gasteiger partial charge in [-0.1, -0.05) is 24.3 Å². The third kappa shape index (κ3) is 3.86. The molecule has 2 rings (SSSR count). The Morgan fingerprint density at radius 1 is 1.10 bits per heavy atom. The molecule has 0 radical (unpaired) electrons. The largest absolute Gasteiger partial charge is 0.348 e. The molecular formula is C16H16F2N2O. The van der Waals surface area contributed by atoms with Crippen molar-refractivity contribution in [3.63, 3.8) is 0 Å². The molecule has 0 heterocycles. The van der Waals surface area contributed by atoms with Gasteiger partial charge in [0.15, 0.2) is 11.6 Å². The number of carbonyl (C=O) groups is 1. The molecule has 0 aliphatic rings. The third-order valence-corrected chi connectivity index (χ3v) is 3.11. The fourth-order valence-electron chi connectivity index (χ4n) is 2.04. The van der Waals surface area contributed by atoms with Crippen molar-refractivity contribution >= 4 is 5.91 Å². The third-order valence-electron chi connectivity index (χ3n) is 3.11. The average molecular weight is 290 g/mol. The molecule has 0 unspecified atom stereocenters. The zero-order valence-electron chi connectivity index (χ0n) is 11.4. The molecule has 5 heteroatoms. The van der Waals surface area contributed by atoms with Crippen molar-refractivity contribution in [3.05, 3.63) is 70.8 Å². The maximum atomic E-state index is 13.1. The van der Waals surface area contributed by atoms with Crippen LogP contribution in [0.5, 0.6) is 0 Å². The second kappa shape index (κ2) is 6.95. The van der Waals surface area contributed by atoms with Crippen LogP contribution in [0, 0.1) is 11.6 Å². The van der Waals surface area contributed by atoms with Crippen LogP contribution in [0.15, 0.2) is 42.5 Å². The Kier molecular flexibility index (Phi) is 5.00. The van der Waals surface area contributed by atoms with Crippen molar-refractivity contribution in [1.29, 1.82) is 0 Å². The molecule has 0 fully saturated rings. The summed E-state index contributed by atoms with van der Waals surface area (Å²) in [6.07, 6.45) is 0.606. The van der Waals surface area contributed by atoms with Gasteiger partial charge in [0.05, 0.1) is 0 Å². The summed E-state index contributed by atoms with van der Waals surface area (Å²) in [7, 11) is 0. The van der Waals surface area contributed by atoms with Crippen LogP contribution < -0.4 is 11.1 Å². The quantitative estimate of drug-likeness (QED) is 0.888. The summed E-state index contributed by atoms with van der Waals surface area (Å²) in [5.41, 5.74) is 7.43. The Morgan fingerprint density at radius 2 is 1.86 bits per heavy atom. The molecular weight excluding hydrogens is 274 g/mol. The molecule has 2 aromatic rings. The van der Waals surface area contributed by atoms with E-state index < -0.39 is 11.6 Å². The summed E-state index contributed by atoms with van der Waals surface area (Å²) in [5, 5.41) is 2.69. The Morgan fingerprint density at radius 3 is 2.57 bits per heavy atom. The van der Waals surface area contributed by atoms with Gasteiger partial charge in [-0.25, -0.2) is 8.78 Å². The molecule has 0 spiro atoms. The van der Waals surface area contributed by atoms with Gasteiger partial charge in [0.25, 0.3) is 5.91 Å². The van der Waals surface area contributed by atoms with Crippen LogP contribution in [0.3, 0.4) is 0 Å². The standard InChI is InChI=1S/C16H16F2N2O/c17-14-6-5-11(9-15(14)18)10-20-16(21)13-4-2-1-3-12(13)7-8-19/h1-6,9H,7-8,10,19H2,(H,20,21). The molecule has 0 atom stereocenters. The molecule has 21 heavy (non-hydrogen) atoms. The number of rotatable bonds is 5. The van der Waals surface area contributed by atoms with Crippen molar-refractivity contribution < 1.29 is 13.6 Å². The van der Waals surface area contributed by atoms with E-state index in [1.807, 2.05) is 12.1 Å². The highest BCUT2D eigenvalue weighted by Gasteiger charge is 2.10. The molecule has 0 bridgehead atoms. The zero-order valence-corrected chi connectivity index (χ0v) is 11.4. The van der Waals surface area contributed by atoms with Crippen LogP contribution in [0.25, 0.3) is 0 Å². The topological polar surface area (TPSA) is 55.1 Å². The summed E-state index contributed by atoms with van der Waals surface area (Å²) in [6, 6.07) is 10.7. The van der Waals surface area contributed by atoms with Gasteiger partial charge in [0, 0.05) is 12.1 Å². The van der Waals surface area contributed by atoms with Gasteiger partial charge in [0.2, 0.25) is 0 Å². The van der Waals surface area contributed by atoms with E-state index in [2.05, 4.69) is 5.32 Å². The van der Waals surface area contributed by atoms with Gasteiger partial charge in [-0.3, -0.25) is 4.79 Å². The maximum absolute atomic E-state index is 13.1. The lowest BCUT2D eigenvalue weighted by atomic mass is 10.0. The molecule has 1 amide bonds. The van der Waals surface area contributed by atoms with Gasteiger partial charge >= 0.3 is 0 Å². The first-order valence-corrected chi connectivity index (χ1v) is 6.62. The summed E-state index contributed by atoms with van der Waals surface area (Å²) in [5.74, 6) is -2.09. The zero-order chi connectivity index (χ0) is 15.2. The molecule has 0 aromatic heterocycles. The van der Waals surface area contributed by atoms with Gasteiger partial charge in [-0.15, -0.1) is 0 Å². The highest BCUT2D eigenvalue weighted by molar-refractivity contribution is 5.95. The van der Waals surface area contributed by atoms with Crippen molar-refractivity contribution in [2.24, 2.45) is 5.73 Å². The van der Waals surface area contributed by atoms with E-state index in [0.29, 0.717) is 24.1 Å². The SMILES string of the molecule is NCCc1ccccc1C(=O)NCc1ccc(F)c(F)c1. The van der Waals surface area contributed by atoms with Crippen LogP contribution in [0.1, 0.15) is 21.5 Å². The van der Waals surface area contributed by atoms with Gasteiger partial charge < -0.3 is 11.1 Å². The minimum Gasteiger partial charge on any atom is -0.348 e. The Bertz CT molecular complexity index is 644. The monoisotopic (exact) mass is 290 g/mol. The highest BCUT2D eigenvalue weighted by atomic mass is 19.2. The molecule has 0 saturated carbocycles. The Balaban J connectivity index is 2.06. The highest BCUT2D eigenvalue weighted by Crippen LogP contribution is 2.11. The van der Waals surface area contributed by atoms with Gasteiger partial charge in [-0.05, 0) is 42.3 Å². The first-order chi connectivity index (χ1) is 10.1. The smallest absolute Gasteiger partial charge is 0.251 e. The van der Waals surface area contributed by atoms with Crippen molar-refractivity contribution in [2.45, 2.75) is 13.0 Å². The number of halogens is 2. The van der Waals surface area contributed by atoms with Crippen LogP contribution in [-0.4, -0.2) is 12.5 Å². The molecule has 0 aliphatic heterocycles. The van der Waals surface area contributed by atoms with E-state index in [9.17, 15) is 13.6 Å². The van der Waals surface area contributed by atoms with E-state index in [1.165, 1.54) is 6.07 Å². The lowest BCUT2D eigenvalue weighted by Gasteiger charge is -2.09. The van der Waals surface area contributed by atoms with Crippen LogP contribution >= 0.6 is 0 Å². The van der Waals surface area contributed by atoms with Crippen LogP contribution in [0.4, 0.5) is 8.78 Å². The number of carbonyl (C=O) groups excluding carboxylic acids is 1. The summed E-state index contributed by atoms with van der Waals surface area (Å²) in [4.78, 5) is 12.1. The van der Waals surface area contributed by atoms with Crippen molar-refractivity contribution in [3.8, 4) is 0 Å². The number of benzene rings is 2. The predicted octanol–water partition coefficient (Wildman–Crippen LogP) is 2.40. The van der Waals surface area contributed by atoms with E-state index in [-0.39, 0.29) is 12.5 Å². The average Bonchev–Trinajstić information content (AvgIpc) is 2.49. The molecule has 110 valence electrons. The van der Waals surface area contributed by atoms with Crippen LogP contribution in [-0.2, 0) is 13.0 Å². The first kappa shape index (κ1) is 15.1. The van der Waals surface area contributed by atoms with E-state index in [1.54, 1.807) is 12.1 Å². The summed E-state index contributed by atoms with van der Waals surface area (Å²) >= 11 is 0. The number of amides is 1. The Hall–Kier alpha value is -2.27. The van der Waals surface area contributed by atoms with Crippen LogP contribution in [0.2, 0.25) is 0 Å². The second-order valence-electron chi connectivity index (χ2n) is 4.63. The lowest BCUT2D eigenvalue weighted by Crippen LogP contribution is -2.24. The Labute approximate surface area is 121 Å². The number of hydrogen-bond acceptors (Lipinski definition) is 2. The summed E-state index contributed by atoms with van der Waals surface area (Å²) in [6.45, 7) is 0.584. The fourth-order valence-corrected chi connectivity index (χ4v) is 2.04. The first-order valence-electron chi connectivity index (χ1n) is 6.62. The predicted molar refractivity (Wildman–Crippen MR) is 76.7 cm³/mol. The number of nitrogens with two attached hydrogens (primary N) is 1. The van der Waals surface area contributed by atoms with Crippen molar-refractivity contribution in [2.75, 3.05) is 6.54 Å². The van der Waals surface area contributed by atoms with E-state index in [4.69, 9.17) is 5.73 Å². The molecule has 2 aromatic carbocycles. The van der Waals surface area contributed by atoms with E-state index >= 15 is 0 Å². The maximum Gasteiger partial charge on any atom is 0.251 e. The molecule has 3 N–H and O–H groups in total. The molecule has 0 aliphatic carbocycles. The lowest BCUT2D eigenvalue weighted by molar-refractivity contribution is 0.0950. The number of hydrogen-bond donors (Lipinski definition) is 2.